The number of aliphatic hydroxyl groups excluding tert-OH is 1. The van der Waals surface area contributed by atoms with Crippen LogP contribution in [0.15, 0.2) is 22.7 Å². The SMILES string of the molecule is COc1cc(C)ccc1-c1noc(CCCO)n1. The molecule has 0 aliphatic carbocycles. The average molecular weight is 248 g/mol. The predicted molar refractivity (Wildman–Crippen MR) is 66.4 cm³/mol. The number of hydrogen-bond donors (Lipinski definition) is 1. The molecule has 18 heavy (non-hydrogen) atoms. The van der Waals surface area contributed by atoms with E-state index in [4.69, 9.17) is 14.4 Å². The highest BCUT2D eigenvalue weighted by Gasteiger charge is 2.13. The van der Waals surface area contributed by atoms with Crippen LogP contribution in [0.4, 0.5) is 0 Å². The van der Waals surface area contributed by atoms with Crippen LogP contribution in [-0.2, 0) is 6.42 Å². The van der Waals surface area contributed by atoms with Gasteiger partial charge in [0.15, 0.2) is 0 Å². The molecule has 0 unspecified atom stereocenters. The number of aliphatic hydroxyl groups is 1. The summed E-state index contributed by atoms with van der Waals surface area (Å²) >= 11 is 0. The molecule has 0 radical (unpaired) electrons. The number of rotatable bonds is 5. The van der Waals surface area contributed by atoms with Crippen molar-refractivity contribution in [3.05, 3.63) is 29.7 Å². The number of benzene rings is 1. The Morgan fingerprint density at radius 3 is 2.94 bits per heavy atom. The quantitative estimate of drug-likeness (QED) is 0.876. The van der Waals surface area contributed by atoms with Gasteiger partial charge in [0.05, 0.1) is 12.7 Å². The highest BCUT2D eigenvalue weighted by atomic mass is 16.5. The molecule has 1 N–H and O–H groups in total. The first kappa shape index (κ1) is 12.6. The van der Waals surface area contributed by atoms with Crippen molar-refractivity contribution < 1.29 is 14.4 Å². The molecule has 1 aromatic heterocycles. The van der Waals surface area contributed by atoms with Gasteiger partial charge in [0.2, 0.25) is 11.7 Å². The van der Waals surface area contributed by atoms with Crippen LogP contribution < -0.4 is 4.74 Å². The van der Waals surface area contributed by atoms with Crippen molar-refractivity contribution in [2.24, 2.45) is 0 Å². The summed E-state index contributed by atoms with van der Waals surface area (Å²) in [5.41, 5.74) is 1.92. The monoisotopic (exact) mass is 248 g/mol. The fourth-order valence-corrected chi connectivity index (χ4v) is 1.68. The highest BCUT2D eigenvalue weighted by Crippen LogP contribution is 2.28. The van der Waals surface area contributed by atoms with Crippen molar-refractivity contribution in [3.8, 4) is 17.1 Å². The smallest absolute Gasteiger partial charge is 0.227 e. The topological polar surface area (TPSA) is 68.4 Å². The molecule has 0 amide bonds. The van der Waals surface area contributed by atoms with Gasteiger partial charge in [-0.2, -0.15) is 4.98 Å². The Morgan fingerprint density at radius 2 is 2.22 bits per heavy atom. The third kappa shape index (κ3) is 2.68. The van der Waals surface area contributed by atoms with E-state index in [2.05, 4.69) is 10.1 Å². The van der Waals surface area contributed by atoms with Gasteiger partial charge in [0.25, 0.3) is 0 Å². The first-order chi connectivity index (χ1) is 8.74. The molecule has 2 rings (SSSR count). The minimum atomic E-state index is 0.117. The fraction of sp³-hybridized carbons (Fsp3) is 0.385. The largest absolute Gasteiger partial charge is 0.496 e. The van der Waals surface area contributed by atoms with E-state index in [1.807, 2.05) is 25.1 Å². The molecule has 2 aromatic rings. The zero-order valence-electron chi connectivity index (χ0n) is 10.5. The number of ether oxygens (including phenoxy) is 1. The first-order valence-electron chi connectivity index (χ1n) is 5.83. The van der Waals surface area contributed by atoms with Crippen LogP contribution in [0.3, 0.4) is 0 Å². The van der Waals surface area contributed by atoms with Crippen LogP contribution >= 0.6 is 0 Å². The van der Waals surface area contributed by atoms with Crippen LogP contribution in [0.25, 0.3) is 11.4 Å². The van der Waals surface area contributed by atoms with E-state index < -0.39 is 0 Å². The molecule has 0 atom stereocenters. The van der Waals surface area contributed by atoms with E-state index >= 15 is 0 Å². The Morgan fingerprint density at radius 1 is 1.39 bits per heavy atom. The van der Waals surface area contributed by atoms with E-state index in [1.165, 1.54) is 0 Å². The highest BCUT2D eigenvalue weighted by molar-refractivity contribution is 5.64. The van der Waals surface area contributed by atoms with Crippen LogP contribution in [0.2, 0.25) is 0 Å². The molecular formula is C13H16N2O3. The molecule has 0 bridgehead atoms. The van der Waals surface area contributed by atoms with Crippen molar-refractivity contribution in [1.82, 2.24) is 10.1 Å². The van der Waals surface area contributed by atoms with Crippen molar-refractivity contribution >= 4 is 0 Å². The third-order valence-electron chi connectivity index (χ3n) is 2.61. The molecule has 96 valence electrons. The standard InChI is InChI=1S/C13H16N2O3/c1-9-5-6-10(11(8-9)17-2)13-14-12(18-15-13)4-3-7-16/h5-6,8,16H,3-4,7H2,1-2H3. The summed E-state index contributed by atoms with van der Waals surface area (Å²) in [5.74, 6) is 1.77. The third-order valence-corrected chi connectivity index (χ3v) is 2.61. The summed E-state index contributed by atoms with van der Waals surface area (Å²) in [6.45, 7) is 2.11. The zero-order valence-corrected chi connectivity index (χ0v) is 10.5. The summed E-state index contributed by atoms with van der Waals surface area (Å²) < 4.78 is 10.4. The molecule has 0 saturated heterocycles. The Hall–Kier alpha value is -1.88. The molecule has 0 saturated carbocycles. The van der Waals surface area contributed by atoms with E-state index in [-0.39, 0.29) is 6.61 Å². The van der Waals surface area contributed by atoms with E-state index in [0.717, 1.165) is 16.9 Å². The molecule has 0 aliphatic rings. The van der Waals surface area contributed by atoms with Crippen molar-refractivity contribution in [2.75, 3.05) is 13.7 Å². The number of aryl methyl sites for hydroxylation is 2. The first-order valence-corrected chi connectivity index (χ1v) is 5.83. The Bertz CT molecular complexity index is 523. The lowest BCUT2D eigenvalue weighted by Crippen LogP contribution is -1.92. The molecule has 0 fully saturated rings. The van der Waals surface area contributed by atoms with Crippen LogP contribution in [0.1, 0.15) is 17.9 Å². The van der Waals surface area contributed by atoms with Crippen LogP contribution in [0, 0.1) is 6.92 Å². The minimum absolute atomic E-state index is 0.117. The maximum Gasteiger partial charge on any atom is 0.227 e. The zero-order chi connectivity index (χ0) is 13.0. The van der Waals surface area contributed by atoms with Gasteiger partial charge in [0, 0.05) is 13.0 Å². The summed E-state index contributed by atoms with van der Waals surface area (Å²) in [7, 11) is 1.62. The summed E-state index contributed by atoms with van der Waals surface area (Å²) in [6, 6.07) is 5.82. The van der Waals surface area contributed by atoms with Crippen LogP contribution in [0.5, 0.6) is 5.75 Å². The van der Waals surface area contributed by atoms with Gasteiger partial charge >= 0.3 is 0 Å². The molecule has 1 aromatic carbocycles. The molecule has 1 heterocycles. The molecular weight excluding hydrogens is 232 g/mol. The molecule has 5 nitrogen and oxygen atoms in total. The Kier molecular flexibility index (Phi) is 3.94. The Balaban J connectivity index is 2.28. The molecule has 5 heteroatoms. The second-order valence-corrected chi connectivity index (χ2v) is 4.04. The maximum atomic E-state index is 8.75. The molecule has 0 spiro atoms. The normalized spacial score (nSPS) is 10.6. The summed E-state index contributed by atoms with van der Waals surface area (Å²) in [4.78, 5) is 4.29. The second-order valence-electron chi connectivity index (χ2n) is 4.04. The minimum Gasteiger partial charge on any atom is -0.496 e. The van der Waals surface area contributed by atoms with Gasteiger partial charge < -0.3 is 14.4 Å². The van der Waals surface area contributed by atoms with Crippen molar-refractivity contribution in [3.63, 3.8) is 0 Å². The fourth-order valence-electron chi connectivity index (χ4n) is 1.68. The van der Waals surface area contributed by atoms with Gasteiger partial charge in [-0.15, -0.1) is 0 Å². The maximum absolute atomic E-state index is 8.75. The van der Waals surface area contributed by atoms with Gasteiger partial charge in [-0.05, 0) is 31.0 Å². The summed E-state index contributed by atoms with van der Waals surface area (Å²) in [5, 5.41) is 12.7. The van der Waals surface area contributed by atoms with E-state index in [9.17, 15) is 0 Å². The second kappa shape index (κ2) is 5.64. The van der Waals surface area contributed by atoms with Crippen molar-refractivity contribution in [1.29, 1.82) is 0 Å². The lowest BCUT2D eigenvalue weighted by atomic mass is 10.1. The van der Waals surface area contributed by atoms with E-state index in [0.29, 0.717) is 24.6 Å². The van der Waals surface area contributed by atoms with Gasteiger partial charge in [-0.3, -0.25) is 0 Å². The van der Waals surface area contributed by atoms with Crippen LogP contribution in [-0.4, -0.2) is 29.0 Å². The lowest BCUT2D eigenvalue weighted by Gasteiger charge is -2.05. The number of nitrogens with zero attached hydrogens (tertiary/aromatic N) is 2. The summed E-state index contributed by atoms with van der Waals surface area (Å²) in [6.07, 6.45) is 1.20. The van der Waals surface area contributed by atoms with Gasteiger partial charge in [-0.1, -0.05) is 11.2 Å². The van der Waals surface area contributed by atoms with Gasteiger partial charge in [0.1, 0.15) is 5.75 Å². The lowest BCUT2D eigenvalue weighted by molar-refractivity contribution is 0.278. The number of aromatic nitrogens is 2. The number of methoxy groups -OCH3 is 1. The molecule has 0 aliphatic heterocycles. The predicted octanol–water partition coefficient (Wildman–Crippen LogP) is 1.98. The van der Waals surface area contributed by atoms with E-state index in [1.54, 1.807) is 7.11 Å². The average Bonchev–Trinajstić information content (AvgIpc) is 2.84. The Labute approximate surface area is 105 Å². The number of hydrogen-bond acceptors (Lipinski definition) is 5. The van der Waals surface area contributed by atoms with Crippen molar-refractivity contribution in [2.45, 2.75) is 19.8 Å². The van der Waals surface area contributed by atoms with Gasteiger partial charge in [-0.25, -0.2) is 0 Å².